The Labute approximate surface area is 130 Å². The normalized spacial score (nSPS) is 14.8. The minimum Gasteiger partial charge on any atom is -0.483 e. The highest BCUT2D eigenvalue weighted by Gasteiger charge is 2.33. The number of ether oxygens (including phenoxy) is 2. The van der Waals surface area contributed by atoms with Gasteiger partial charge in [-0.15, -0.1) is 0 Å². The molecule has 120 valence electrons. The van der Waals surface area contributed by atoms with E-state index >= 15 is 0 Å². The second-order valence-electron chi connectivity index (χ2n) is 6.15. The molecule has 1 aliphatic heterocycles. The predicted molar refractivity (Wildman–Crippen MR) is 83.5 cm³/mol. The van der Waals surface area contributed by atoms with Crippen LogP contribution in [0, 0.1) is 0 Å². The van der Waals surface area contributed by atoms with Crippen LogP contribution >= 0.6 is 0 Å². The van der Waals surface area contributed by atoms with E-state index in [2.05, 4.69) is 5.32 Å². The van der Waals surface area contributed by atoms with Crippen LogP contribution in [-0.2, 0) is 11.2 Å². The predicted octanol–water partition coefficient (Wildman–Crippen LogP) is 2.81. The number of esters is 1. The largest absolute Gasteiger partial charge is 0.483 e. The summed E-state index contributed by atoms with van der Waals surface area (Å²) in [5.41, 5.74) is 1.14. The molecule has 6 heteroatoms. The fraction of sp³-hybridized carbons (Fsp3) is 0.500. The van der Waals surface area contributed by atoms with Gasteiger partial charge in [0.25, 0.3) is 0 Å². The van der Waals surface area contributed by atoms with Gasteiger partial charge in [0.1, 0.15) is 5.60 Å². The van der Waals surface area contributed by atoms with E-state index in [0.29, 0.717) is 23.6 Å². The van der Waals surface area contributed by atoms with Gasteiger partial charge in [-0.1, -0.05) is 6.92 Å². The number of urea groups is 1. The third-order valence-corrected chi connectivity index (χ3v) is 3.30. The van der Waals surface area contributed by atoms with Crippen LogP contribution in [0.1, 0.15) is 32.8 Å². The van der Waals surface area contributed by atoms with Gasteiger partial charge in [-0.25, -0.2) is 4.79 Å². The number of hydrogen-bond acceptors (Lipinski definition) is 4. The molecule has 1 aliphatic rings. The molecule has 0 atom stereocenters. The second kappa shape index (κ2) is 5.87. The Balaban J connectivity index is 2.37. The molecule has 0 bridgehead atoms. The highest BCUT2D eigenvalue weighted by molar-refractivity contribution is 5.90. The van der Waals surface area contributed by atoms with Crippen molar-refractivity contribution in [3.63, 3.8) is 0 Å². The van der Waals surface area contributed by atoms with Crippen LogP contribution in [0.2, 0.25) is 0 Å². The molecule has 0 aromatic heterocycles. The van der Waals surface area contributed by atoms with Gasteiger partial charge < -0.3 is 19.7 Å². The SMILES string of the molecule is CCC(=O)Oc1cc(NC(=O)N(C)C)cc2c1OC(C)(C)C2. The Hall–Kier alpha value is -2.24. The zero-order chi connectivity index (χ0) is 16.5. The first-order chi connectivity index (χ1) is 10.2. The standard InChI is InChI=1S/C16H22N2O4/c1-6-13(19)21-12-8-11(17-15(20)18(4)5)7-10-9-16(2,3)22-14(10)12/h7-8H,6,9H2,1-5H3,(H,17,20). The number of amides is 2. The van der Waals surface area contributed by atoms with E-state index < -0.39 is 0 Å². The summed E-state index contributed by atoms with van der Waals surface area (Å²) in [7, 11) is 3.32. The van der Waals surface area contributed by atoms with E-state index in [0.717, 1.165) is 5.56 Å². The second-order valence-corrected chi connectivity index (χ2v) is 6.15. The molecule has 0 saturated carbocycles. The van der Waals surface area contributed by atoms with E-state index in [9.17, 15) is 9.59 Å². The summed E-state index contributed by atoms with van der Waals surface area (Å²) in [6, 6.07) is 3.23. The summed E-state index contributed by atoms with van der Waals surface area (Å²) in [5.74, 6) is 0.588. The number of rotatable bonds is 3. The molecule has 1 heterocycles. The van der Waals surface area contributed by atoms with Crippen molar-refractivity contribution in [1.82, 2.24) is 4.90 Å². The van der Waals surface area contributed by atoms with Crippen LogP contribution in [0.25, 0.3) is 0 Å². The van der Waals surface area contributed by atoms with E-state index in [1.807, 2.05) is 19.9 Å². The number of nitrogens with one attached hydrogen (secondary N) is 1. The van der Waals surface area contributed by atoms with Gasteiger partial charge in [0.15, 0.2) is 11.5 Å². The van der Waals surface area contributed by atoms with Crippen molar-refractivity contribution in [3.8, 4) is 11.5 Å². The van der Waals surface area contributed by atoms with Crippen LogP contribution in [-0.4, -0.2) is 36.6 Å². The van der Waals surface area contributed by atoms with Gasteiger partial charge in [-0.05, 0) is 19.9 Å². The van der Waals surface area contributed by atoms with Crippen molar-refractivity contribution in [1.29, 1.82) is 0 Å². The molecular weight excluding hydrogens is 284 g/mol. The molecule has 2 rings (SSSR count). The van der Waals surface area contributed by atoms with Crippen LogP contribution in [0.5, 0.6) is 11.5 Å². The molecule has 0 aliphatic carbocycles. The Morgan fingerprint density at radius 3 is 2.64 bits per heavy atom. The summed E-state index contributed by atoms with van der Waals surface area (Å²) in [6.07, 6.45) is 0.955. The lowest BCUT2D eigenvalue weighted by molar-refractivity contribution is -0.134. The highest BCUT2D eigenvalue weighted by Crippen LogP contribution is 2.44. The number of nitrogens with zero attached hydrogens (tertiary/aromatic N) is 1. The zero-order valence-electron chi connectivity index (χ0n) is 13.6. The summed E-state index contributed by atoms with van der Waals surface area (Å²) in [6.45, 7) is 5.66. The van der Waals surface area contributed by atoms with Crippen molar-refractivity contribution in [2.45, 2.75) is 39.2 Å². The number of carbonyl (C=O) groups is 2. The first-order valence-corrected chi connectivity index (χ1v) is 7.27. The molecule has 0 saturated heterocycles. The van der Waals surface area contributed by atoms with Crippen LogP contribution < -0.4 is 14.8 Å². The lowest BCUT2D eigenvalue weighted by atomic mass is 10.0. The molecule has 1 aromatic rings. The minimum atomic E-state index is -0.361. The van der Waals surface area contributed by atoms with Crippen molar-refractivity contribution in [2.75, 3.05) is 19.4 Å². The first kappa shape index (κ1) is 16.1. The minimum absolute atomic E-state index is 0.245. The van der Waals surface area contributed by atoms with Gasteiger partial charge in [-0.2, -0.15) is 0 Å². The Morgan fingerprint density at radius 1 is 1.36 bits per heavy atom. The van der Waals surface area contributed by atoms with Gasteiger partial charge in [0.2, 0.25) is 0 Å². The lowest BCUT2D eigenvalue weighted by Gasteiger charge is -2.18. The summed E-state index contributed by atoms with van der Waals surface area (Å²) < 4.78 is 11.2. The lowest BCUT2D eigenvalue weighted by Crippen LogP contribution is -2.27. The molecule has 1 N–H and O–H groups in total. The van der Waals surface area contributed by atoms with Crippen LogP contribution in [0.15, 0.2) is 12.1 Å². The average Bonchev–Trinajstić information content (AvgIpc) is 2.72. The third kappa shape index (κ3) is 3.50. The van der Waals surface area contributed by atoms with Gasteiger partial charge >= 0.3 is 12.0 Å². The van der Waals surface area contributed by atoms with E-state index in [4.69, 9.17) is 9.47 Å². The van der Waals surface area contributed by atoms with Crippen molar-refractivity contribution in [3.05, 3.63) is 17.7 Å². The Bertz CT molecular complexity index is 608. The van der Waals surface area contributed by atoms with E-state index in [1.54, 1.807) is 27.1 Å². The number of hydrogen-bond donors (Lipinski definition) is 1. The molecule has 2 amide bonds. The number of benzene rings is 1. The molecule has 0 radical (unpaired) electrons. The third-order valence-electron chi connectivity index (χ3n) is 3.30. The fourth-order valence-electron chi connectivity index (χ4n) is 2.26. The molecule has 0 unspecified atom stereocenters. The summed E-state index contributed by atoms with van der Waals surface area (Å²) >= 11 is 0. The smallest absolute Gasteiger partial charge is 0.321 e. The van der Waals surface area contributed by atoms with Gasteiger partial charge in [0.05, 0.1) is 0 Å². The van der Waals surface area contributed by atoms with Crippen LogP contribution in [0.4, 0.5) is 10.5 Å². The number of carbonyl (C=O) groups excluding carboxylic acids is 2. The summed E-state index contributed by atoms with van der Waals surface area (Å²) in [4.78, 5) is 24.9. The first-order valence-electron chi connectivity index (χ1n) is 7.27. The molecule has 0 fully saturated rings. The van der Waals surface area contributed by atoms with Crippen molar-refractivity contribution in [2.24, 2.45) is 0 Å². The molecular formula is C16H22N2O4. The maximum absolute atomic E-state index is 11.8. The number of anilines is 1. The molecule has 1 aromatic carbocycles. The van der Waals surface area contributed by atoms with E-state index in [-0.39, 0.29) is 24.0 Å². The monoisotopic (exact) mass is 306 g/mol. The van der Waals surface area contributed by atoms with Crippen molar-refractivity contribution >= 4 is 17.7 Å². The topological polar surface area (TPSA) is 67.9 Å². The maximum Gasteiger partial charge on any atom is 0.321 e. The zero-order valence-corrected chi connectivity index (χ0v) is 13.6. The van der Waals surface area contributed by atoms with E-state index in [1.165, 1.54) is 4.90 Å². The Kier molecular flexibility index (Phi) is 4.30. The van der Waals surface area contributed by atoms with Gasteiger partial charge in [0, 0.05) is 44.3 Å². The molecule has 22 heavy (non-hydrogen) atoms. The molecule has 6 nitrogen and oxygen atoms in total. The molecule has 0 spiro atoms. The highest BCUT2D eigenvalue weighted by atomic mass is 16.6. The van der Waals surface area contributed by atoms with Crippen molar-refractivity contribution < 1.29 is 19.1 Å². The quantitative estimate of drug-likeness (QED) is 0.689. The van der Waals surface area contributed by atoms with Gasteiger partial charge in [-0.3, -0.25) is 4.79 Å². The number of fused-ring (bicyclic) bond motifs is 1. The maximum atomic E-state index is 11.8. The van der Waals surface area contributed by atoms with Crippen LogP contribution in [0.3, 0.4) is 0 Å². The Morgan fingerprint density at radius 2 is 2.05 bits per heavy atom. The summed E-state index contributed by atoms with van der Waals surface area (Å²) in [5, 5.41) is 2.77. The fourth-order valence-corrected chi connectivity index (χ4v) is 2.26. The average molecular weight is 306 g/mol.